The highest BCUT2D eigenvalue weighted by Crippen LogP contribution is 2.20. The van der Waals surface area contributed by atoms with E-state index in [1.807, 2.05) is 31.0 Å². The van der Waals surface area contributed by atoms with E-state index >= 15 is 0 Å². The Morgan fingerprint density at radius 3 is 2.39 bits per heavy atom. The number of carbonyl (C=O) groups is 1. The largest absolute Gasteiger partial charge is 0.342 e. The van der Waals surface area contributed by atoms with Gasteiger partial charge in [0.2, 0.25) is 0 Å². The third-order valence-electron chi connectivity index (χ3n) is 5.69. The highest BCUT2D eigenvalue weighted by molar-refractivity contribution is 6.33. The number of imidazole rings is 1. The molecule has 3 rings (SSSR count). The van der Waals surface area contributed by atoms with Gasteiger partial charge in [-0.05, 0) is 75.7 Å². The summed E-state index contributed by atoms with van der Waals surface area (Å²) in [5.41, 5.74) is 10.6. The van der Waals surface area contributed by atoms with Crippen molar-refractivity contribution in [1.82, 2.24) is 20.2 Å². The number of hydrogen-bond acceptors (Lipinski definition) is 4. The fourth-order valence-electron chi connectivity index (χ4n) is 3.69. The summed E-state index contributed by atoms with van der Waals surface area (Å²) in [5.74, 6) is 1.49. The van der Waals surface area contributed by atoms with Gasteiger partial charge in [-0.25, -0.2) is 4.98 Å². The SMILES string of the molecule is C=C.CCCCN(CCCN)C(=O)c1ccc(C)cc1Cl.CNCC(C)c1nc2ccc(C)cc2[nH]1. The van der Waals surface area contributed by atoms with Gasteiger partial charge in [0, 0.05) is 25.6 Å². The molecular formula is C29H44ClN5O. The van der Waals surface area contributed by atoms with Crippen LogP contribution in [0, 0.1) is 13.8 Å². The zero-order valence-corrected chi connectivity index (χ0v) is 23.4. The minimum Gasteiger partial charge on any atom is -0.342 e. The molecule has 198 valence electrons. The van der Waals surface area contributed by atoms with Gasteiger partial charge < -0.3 is 20.9 Å². The number of likely N-dealkylation sites (N-methyl/N-ethyl adjacent to an activating group) is 1. The molecule has 0 saturated heterocycles. The van der Waals surface area contributed by atoms with Crippen molar-refractivity contribution in [3.05, 3.63) is 77.1 Å². The Balaban J connectivity index is 0.000000344. The van der Waals surface area contributed by atoms with Gasteiger partial charge in [0.15, 0.2) is 0 Å². The molecule has 0 radical (unpaired) electrons. The number of unbranched alkanes of at least 4 members (excludes halogenated alkanes) is 1. The molecule has 3 aromatic rings. The number of hydrogen-bond donors (Lipinski definition) is 3. The van der Waals surface area contributed by atoms with Crippen LogP contribution >= 0.6 is 11.6 Å². The molecule has 6 nitrogen and oxygen atoms in total. The van der Waals surface area contributed by atoms with Gasteiger partial charge in [-0.2, -0.15) is 0 Å². The van der Waals surface area contributed by atoms with Gasteiger partial charge in [-0.1, -0.05) is 44.0 Å². The lowest BCUT2D eigenvalue weighted by Gasteiger charge is -2.23. The molecule has 1 unspecified atom stereocenters. The Morgan fingerprint density at radius 2 is 1.78 bits per heavy atom. The number of rotatable bonds is 10. The first kappa shape index (κ1) is 31.4. The summed E-state index contributed by atoms with van der Waals surface area (Å²) >= 11 is 6.16. The molecule has 1 heterocycles. The molecule has 1 aromatic heterocycles. The molecule has 2 aromatic carbocycles. The van der Waals surface area contributed by atoms with E-state index < -0.39 is 0 Å². The number of aromatic nitrogens is 2. The Morgan fingerprint density at radius 1 is 1.14 bits per heavy atom. The summed E-state index contributed by atoms with van der Waals surface area (Å²) < 4.78 is 0. The lowest BCUT2D eigenvalue weighted by Crippen LogP contribution is -2.34. The smallest absolute Gasteiger partial charge is 0.255 e. The number of nitrogens with one attached hydrogen (secondary N) is 2. The minimum absolute atomic E-state index is 0.00639. The molecule has 0 spiro atoms. The van der Waals surface area contributed by atoms with Gasteiger partial charge in [0.05, 0.1) is 21.6 Å². The third-order valence-corrected chi connectivity index (χ3v) is 6.00. The van der Waals surface area contributed by atoms with Crippen LogP contribution in [0.3, 0.4) is 0 Å². The van der Waals surface area contributed by atoms with E-state index in [0.717, 1.165) is 54.8 Å². The summed E-state index contributed by atoms with van der Waals surface area (Å²) in [5, 5.41) is 3.69. The summed E-state index contributed by atoms with van der Waals surface area (Å²) in [4.78, 5) is 22.3. The molecule has 0 fully saturated rings. The van der Waals surface area contributed by atoms with E-state index in [1.54, 1.807) is 6.07 Å². The lowest BCUT2D eigenvalue weighted by molar-refractivity contribution is 0.0752. The van der Waals surface area contributed by atoms with Gasteiger partial charge in [0.1, 0.15) is 5.82 Å². The highest BCUT2D eigenvalue weighted by Gasteiger charge is 2.17. The number of fused-ring (bicyclic) bond motifs is 1. The molecule has 36 heavy (non-hydrogen) atoms. The standard InChI is InChI=1S/C15H23ClN2O.C12H17N3.C2H4/c1-3-4-9-18(10-5-8-17)15(19)13-7-6-12(2)11-14(13)16;1-8-4-5-10-11(6-8)15-12(14-10)9(2)7-13-3;1-2/h6-7,11H,3-5,8-10,17H2,1-2H3;4-6,9,13H,7H2,1-3H3,(H,14,15);1-2H2. The summed E-state index contributed by atoms with van der Waals surface area (Å²) in [6, 6.07) is 11.8. The maximum atomic E-state index is 12.5. The maximum absolute atomic E-state index is 12.5. The van der Waals surface area contributed by atoms with E-state index in [0.29, 0.717) is 29.6 Å². The second-order valence-electron chi connectivity index (χ2n) is 8.87. The van der Waals surface area contributed by atoms with E-state index in [1.165, 1.54) is 5.56 Å². The van der Waals surface area contributed by atoms with Crippen LogP contribution in [0.15, 0.2) is 49.6 Å². The fourth-order valence-corrected chi connectivity index (χ4v) is 4.01. The Labute approximate surface area is 222 Å². The number of halogens is 1. The van der Waals surface area contributed by atoms with Crippen molar-refractivity contribution in [2.45, 2.75) is 52.9 Å². The van der Waals surface area contributed by atoms with Gasteiger partial charge in [0.25, 0.3) is 5.91 Å². The first-order valence-corrected chi connectivity index (χ1v) is 13.0. The van der Waals surface area contributed by atoms with Crippen molar-refractivity contribution in [1.29, 1.82) is 0 Å². The van der Waals surface area contributed by atoms with E-state index in [4.69, 9.17) is 17.3 Å². The maximum Gasteiger partial charge on any atom is 0.255 e. The second kappa shape index (κ2) is 16.9. The molecule has 1 atom stereocenters. The highest BCUT2D eigenvalue weighted by atomic mass is 35.5. The quantitative estimate of drug-likeness (QED) is 0.280. The van der Waals surface area contributed by atoms with Crippen LogP contribution < -0.4 is 11.1 Å². The summed E-state index contributed by atoms with van der Waals surface area (Å²) in [7, 11) is 1.96. The molecule has 1 amide bonds. The molecule has 0 saturated carbocycles. The fraction of sp³-hybridized carbons (Fsp3) is 0.448. The third kappa shape index (κ3) is 9.76. The number of nitrogens with two attached hydrogens (primary N) is 1. The van der Waals surface area contributed by atoms with Crippen molar-refractivity contribution in [3.63, 3.8) is 0 Å². The summed E-state index contributed by atoms with van der Waals surface area (Å²) in [6.07, 6.45) is 2.88. The Bertz CT molecular complexity index is 1060. The van der Waals surface area contributed by atoms with Crippen LogP contribution in [0.5, 0.6) is 0 Å². The molecule has 0 aliphatic heterocycles. The topological polar surface area (TPSA) is 87.0 Å². The van der Waals surface area contributed by atoms with E-state index in [9.17, 15) is 4.79 Å². The van der Waals surface area contributed by atoms with Crippen molar-refractivity contribution >= 4 is 28.5 Å². The van der Waals surface area contributed by atoms with Gasteiger partial charge in [-0.3, -0.25) is 4.79 Å². The Kier molecular flexibility index (Phi) is 14.7. The minimum atomic E-state index is 0.00639. The predicted molar refractivity (Wildman–Crippen MR) is 155 cm³/mol. The number of H-pyrrole nitrogens is 1. The number of aromatic amines is 1. The number of aryl methyl sites for hydroxylation is 2. The van der Waals surface area contributed by atoms with Crippen LogP contribution in [-0.4, -0.2) is 54.0 Å². The number of nitrogens with zero attached hydrogens (tertiary/aromatic N) is 2. The van der Waals surface area contributed by atoms with Crippen LogP contribution in [-0.2, 0) is 0 Å². The van der Waals surface area contributed by atoms with Crippen LogP contribution in [0.2, 0.25) is 5.02 Å². The predicted octanol–water partition coefficient (Wildman–Crippen LogP) is 6.24. The molecule has 7 heteroatoms. The normalized spacial score (nSPS) is 11.2. The zero-order valence-electron chi connectivity index (χ0n) is 22.7. The van der Waals surface area contributed by atoms with Crippen molar-refractivity contribution < 1.29 is 4.79 Å². The van der Waals surface area contributed by atoms with Crippen molar-refractivity contribution in [2.75, 3.05) is 33.2 Å². The van der Waals surface area contributed by atoms with E-state index in [2.05, 4.69) is 67.4 Å². The average Bonchev–Trinajstić information content (AvgIpc) is 3.29. The Hall–Kier alpha value is -2.67. The molecule has 0 bridgehead atoms. The second-order valence-corrected chi connectivity index (χ2v) is 9.28. The number of benzene rings is 2. The monoisotopic (exact) mass is 513 g/mol. The number of carbonyl (C=O) groups excluding carboxylic acids is 1. The van der Waals surface area contributed by atoms with Crippen LogP contribution in [0.1, 0.15) is 66.3 Å². The molecular weight excluding hydrogens is 470 g/mol. The summed E-state index contributed by atoms with van der Waals surface area (Å²) in [6.45, 7) is 17.3. The first-order chi connectivity index (χ1) is 17.3. The molecule has 0 aliphatic rings. The van der Waals surface area contributed by atoms with Crippen LogP contribution in [0.25, 0.3) is 11.0 Å². The zero-order chi connectivity index (χ0) is 27.1. The average molecular weight is 514 g/mol. The van der Waals surface area contributed by atoms with Crippen molar-refractivity contribution in [3.8, 4) is 0 Å². The molecule has 4 N–H and O–H groups in total. The van der Waals surface area contributed by atoms with Gasteiger partial charge >= 0.3 is 0 Å². The first-order valence-electron chi connectivity index (χ1n) is 12.7. The van der Waals surface area contributed by atoms with E-state index in [-0.39, 0.29) is 5.91 Å². The van der Waals surface area contributed by atoms with Crippen molar-refractivity contribution in [2.24, 2.45) is 5.73 Å². The van der Waals surface area contributed by atoms with Gasteiger partial charge in [-0.15, -0.1) is 13.2 Å². The molecule has 0 aliphatic carbocycles. The van der Waals surface area contributed by atoms with Crippen LogP contribution in [0.4, 0.5) is 0 Å². The lowest BCUT2D eigenvalue weighted by atomic mass is 10.1. The number of amides is 1.